The zero-order valence-electron chi connectivity index (χ0n) is 19.0. The van der Waals surface area contributed by atoms with Crippen molar-refractivity contribution in [2.45, 2.75) is 26.0 Å². The summed E-state index contributed by atoms with van der Waals surface area (Å²) in [5, 5.41) is 3.65. The average Bonchev–Trinajstić information content (AvgIpc) is 2.88. The van der Waals surface area contributed by atoms with E-state index in [1.807, 2.05) is 30.3 Å². The predicted octanol–water partition coefficient (Wildman–Crippen LogP) is 6.31. The summed E-state index contributed by atoms with van der Waals surface area (Å²) in [4.78, 5) is 4.29. The molecule has 0 aliphatic carbocycles. The fraction of sp³-hybridized carbons (Fsp3) is 0.167. The van der Waals surface area contributed by atoms with Crippen LogP contribution in [0.5, 0.6) is 5.75 Å². The van der Waals surface area contributed by atoms with Gasteiger partial charge in [-0.1, -0.05) is 84.9 Å². The van der Waals surface area contributed by atoms with Gasteiger partial charge in [0.2, 0.25) is 0 Å². The minimum absolute atomic E-state index is 0.356. The summed E-state index contributed by atoms with van der Waals surface area (Å²) in [6.07, 6.45) is 5.03. The van der Waals surface area contributed by atoms with E-state index >= 15 is 0 Å². The summed E-state index contributed by atoms with van der Waals surface area (Å²) in [6, 6.07) is 35.7. The minimum Gasteiger partial charge on any atom is -0.487 e. The standard InChI is InChI=1S/C30H30N2O/c1-24(22-25-15-17-29(18-16-25)33-23-28-14-8-9-20-32-28)31-21-19-30(26-10-4-2-5-11-26)27-12-6-3-7-13-27/h2-20,24,31H,21-23H2,1H3. The second-order valence-electron chi connectivity index (χ2n) is 8.12. The van der Waals surface area contributed by atoms with Crippen LogP contribution < -0.4 is 10.1 Å². The quantitative estimate of drug-likeness (QED) is 0.317. The lowest BCUT2D eigenvalue weighted by atomic mass is 9.97. The Kier molecular flexibility index (Phi) is 8.04. The first-order chi connectivity index (χ1) is 16.3. The average molecular weight is 435 g/mol. The highest BCUT2D eigenvalue weighted by Gasteiger charge is 2.06. The topological polar surface area (TPSA) is 34.1 Å². The number of hydrogen-bond acceptors (Lipinski definition) is 3. The summed E-state index contributed by atoms with van der Waals surface area (Å²) in [5.74, 6) is 0.864. The van der Waals surface area contributed by atoms with Crippen molar-refractivity contribution < 1.29 is 4.74 Å². The molecule has 166 valence electrons. The third-order valence-corrected chi connectivity index (χ3v) is 5.52. The van der Waals surface area contributed by atoms with Crippen LogP contribution in [0.4, 0.5) is 0 Å². The van der Waals surface area contributed by atoms with E-state index in [1.165, 1.54) is 22.3 Å². The van der Waals surface area contributed by atoms with Crippen molar-refractivity contribution in [2.24, 2.45) is 0 Å². The number of ether oxygens (including phenoxy) is 1. The molecular weight excluding hydrogens is 404 g/mol. The summed E-state index contributed by atoms with van der Waals surface area (Å²) in [7, 11) is 0. The molecule has 0 amide bonds. The molecule has 0 radical (unpaired) electrons. The highest BCUT2D eigenvalue weighted by Crippen LogP contribution is 2.22. The molecule has 1 unspecified atom stereocenters. The number of benzene rings is 3. The maximum Gasteiger partial charge on any atom is 0.130 e. The Hall–Kier alpha value is -3.69. The van der Waals surface area contributed by atoms with E-state index in [4.69, 9.17) is 4.74 Å². The molecule has 1 heterocycles. The molecule has 1 N–H and O–H groups in total. The van der Waals surface area contributed by atoms with Gasteiger partial charge in [-0.15, -0.1) is 0 Å². The largest absolute Gasteiger partial charge is 0.487 e. The van der Waals surface area contributed by atoms with Crippen LogP contribution >= 0.6 is 0 Å². The summed E-state index contributed by atoms with van der Waals surface area (Å²) in [5.41, 5.74) is 5.94. The molecule has 0 bridgehead atoms. The van der Waals surface area contributed by atoms with Gasteiger partial charge < -0.3 is 10.1 Å². The number of nitrogens with zero attached hydrogens (tertiary/aromatic N) is 1. The van der Waals surface area contributed by atoms with Gasteiger partial charge in [0.25, 0.3) is 0 Å². The number of pyridine rings is 1. The van der Waals surface area contributed by atoms with Gasteiger partial charge in [-0.25, -0.2) is 0 Å². The summed E-state index contributed by atoms with van der Waals surface area (Å²) in [6.45, 7) is 3.52. The lowest BCUT2D eigenvalue weighted by Gasteiger charge is -2.14. The second kappa shape index (κ2) is 11.8. The molecule has 3 heteroatoms. The molecule has 4 rings (SSSR count). The zero-order chi connectivity index (χ0) is 22.7. The van der Waals surface area contributed by atoms with Crippen LogP contribution in [0.25, 0.3) is 5.57 Å². The first kappa shape index (κ1) is 22.5. The Labute approximate surface area is 196 Å². The number of hydrogen-bond donors (Lipinski definition) is 1. The van der Waals surface area contributed by atoms with Crippen molar-refractivity contribution >= 4 is 5.57 Å². The Morgan fingerprint density at radius 1 is 0.818 bits per heavy atom. The third-order valence-electron chi connectivity index (χ3n) is 5.52. The molecule has 0 fully saturated rings. The predicted molar refractivity (Wildman–Crippen MR) is 136 cm³/mol. The Morgan fingerprint density at radius 2 is 1.45 bits per heavy atom. The molecule has 1 aromatic heterocycles. The highest BCUT2D eigenvalue weighted by atomic mass is 16.5. The molecule has 33 heavy (non-hydrogen) atoms. The molecule has 0 aliphatic heterocycles. The number of aromatic nitrogens is 1. The fourth-order valence-electron chi connectivity index (χ4n) is 3.79. The van der Waals surface area contributed by atoms with Crippen LogP contribution in [-0.2, 0) is 13.0 Å². The summed E-state index contributed by atoms with van der Waals surface area (Å²) >= 11 is 0. The van der Waals surface area contributed by atoms with Crippen LogP contribution in [0.3, 0.4) is 0 Å². The number of nitrogens with one attached hydrogen (secondary N) is 1. The Morgan fingerprint density at radius 3 is 2.06 bits per heavy atom. The van der Waals surface area contributed by atoms with Gasteiger partial charge >= 0.3 is 0 Å². The zero-order valence-corrected chi connectivity index (χ0v) is 19.0. The molecule has 0 saturated heterocycles. The van der Waals surface area contributed by atoms with E-state index in [0.717, 1.165) is 24.4 Å². The third kappa shape index (κ3) is 6.90. The molecule has 3 nitrogen and oxygen atoms in total. The van der Waals surface area contributed by atoms with Gasteiger partial charge in [0, 0.05) is 18.8 Å². The van der Waals surface area contributed by atoms with Gasteiger partial charge in [-0.3, -0.25) is 4.98 Å². The minimum atomic E-state index is 0.356. The molecule has 0 aliphatic rings. The maximum atomic E-state index is 5.84. The Bertz CT molecular complexity index is 1080. The van der Waals surface area contributed by atoms with E-state index in [0.29, 0.717) is 12.6 Å². The first-order valence-corrected chi connectivity index (χ1v) is 11.4. The highest BCUT2D eigenvalue weighted by molar-refractivity contribution is 5.79. The van der Waals surface area contributed by atoms with Gasteiger partial charge in [0.15, 0.2) is 0 Å². The Balaban J connectivity index is 1.31. The normalized spacial score (nSPS) is 11.5. The lowest BCUT2D eigenvalue weighted by molar-refractivity contribution is 0.301. The van der Waals surface area contributed by atoms with Gasteiger partial charge in [0.05, 0.1) is 5.69 Å². The van der Waals surface area contributed by atoms with E-state index in [-0.39, 0.29) is 0 Å². The van der Waals surface area contributed by atoms with E-state index in [1.54, 1.807) is 6.20 Å². The molecular formula is C30H30N2O. The van der Waals surface area contributed by atoms with Crippen LogP contribution in [0.1, 0.15) is 29.3 Å². The van der Waals surface area contributed by atoms with Crippen molar-refractivity contribution in [3.8, 4) is 5.75 Å². The number of rotatable bonds is 10. The van der Waals surface area contributed by atoms with Crippen LogP contribution in [0, 0.1) is 0 Å². The molecule has 4 aromatic rings. The molecule has 1 atom stereocenters. The fourth-order valence-corrected chi connectivity index (χ4v) is 3.79. The smallest absolute Gasteiger partial charge is 0.130 e. The second-order valence-corrected chi connectivity index (χ2v) is 8.12. The van der Waals surface area contributed by atoms with Crippen molar-refractivity contribution in [2.75, 3.05) is 6.54 Å². The van der Waals surface area contributed by atoms with Gasteiger partial charge in [-0.2, -0.15) is 0 Å². The van der Waals surface area contributed by atoms with Crippen molar-refractivity contribution in [3.63, 3.8) is 0 Å². The maximum absolute atomic E-state index is 5.84. The van der Waals surface area contributed by atoms with Crippen LogP contribution in [0.2, 0.25) is 0 Å². The summed E-state index contributed by atoms with van der Waals surface area (Å²) < 4.78 is 5.84. The van der Waals surface area contributed by atoms with Crippen molar-refractivity contribution in [3.05, 3.63) is 138 Å². The van der Waals surface area contributed by atoms with Crippen LogP contribution in [-0.4, -0.2) is 17.6 Å². The van der Waals surface area contributed by atoms with Crippen molar-refractivity contribution in [1.29, 1.82) is 0 Å². The first-order valence-electron chi connectivity index (χ1n) is 11.4. The monoisotopic (exact) mass is 434 g/mol. The molecule has 0 spiro atoms. The lowest BCUT2D eigenvalue weighted by Crippen LogP contribution is -2.28. The SMILES string of the molecule is CC(Cc1ccc(OCc2ccccn2)cc1)NCC=C(c1ccccc1)c1ccccc1. The van der Waals surface area contributed by atoms with Crippen molar-refractivity contribution in [1.82, 2.24) is 10.3 Å². The van der Waals surface area contributed by atoms with Crippen LogP contribution in [0.15, 0.2) is 115 Å². The molecule has 3 aromatic carbocycles. The van der Waals surface area contributed by atoms with Gasteiger partial charge in [-0.05, 0) is 59.9 Å². The van der Waals surface area contributed by atoms with E-state index in [9.17, 15) is 0 Å². The molecule has 0 saturated carbocycles. The van der Waals surface area contributed by atoms with E-state index < -0.39 is 0 Å². The van der Waals surface area contributed by atoms with E-state index in [2.05, 4.69) is 96.1 Å². The van der Waals surface area contributed by atoms with Gasteiger partial charge in [0.1, 0.15) is 12.4 Å².